The molecule has 0 bridgehead atoms. The van der Waals surface area contributed by atoms with Crippen LogP contribution in [-0.2, 0) is 0 Å². The molecule has 2 aliphatic rings. The normalized spacial score (nSPS) is 20.9. The van der Waals surface area contributed by atoms with E-state index in [0.717, 1.165) is 31.0 Å². The van der Waals surface area contributed by atoms with E-state index in [4.69, 9.17) is 4.74 Å². The zero-order valence-corrected chi connectivity index (χ0v) is 20.1. The van der Waals surface area contributed by atoms with Gasteiger partial charge in [0.15, 0.2) is 0 Å². The first-order valence-corrected chi connectivity index (χ1v) is 12.1. The average Bonchev–Trinajstić information content (AvgIpc) is 3.34. The summed E-state index contributed by atoms with van der Waals surface area (Å²) in [7, 11) is 1.49. The van der Waals surface area contributed by atoms with Crippen molar-refractivity contribution in [2.45, 2.75) is 25.3 Å². The van der Waals surface area contributed by atoms with Crippen molar-refractivity contribution in [3.8, 4) is 17.1 Å². The average molecular weight is 511 g/mol. The third kappa shape index (κ3) is 4.87. The van der Waals surface area contributed by atoms with Gasteiger partial charge >= 0.3 is 0 Å². The Morgan fingerprint density at radius 1 is 1.03 bits per heavy atom. The molecule has 1 aliphatic carbocycles. The maximum Gasteiger partial charge on any atom is 0.270 e. The summed E-state index contributed by atoms with van der Waals surface area (Å²) in [6, 6.07) is 8.36. The van der Waals surface area contributed by atoms with Crippen molar-refractivity contribution >= 4 is 11.8 Å². The largest absolute Gasteiger partial charge is 0.481 e. The summed E-state index contributed by atoms with van der Waals surface area (Å²) in [4.78, 5) is 36.0. The van der Waals surface area contributed by atoms with Crippen LogP contribution in [-0.4, -0.2) is 52.9 Å². The highest BCUT2D eigenvalue weighted by molar-refractivity contribution is 5.95. The molecule has 1 aromatic carbocycles. The number of hydrogen-bond acceptors (Lipinski definition) is 5. The molecule has 3 atom stereocenters. The van der Waals surface area contributed by atoms with Crippen LogP contribution in [0.4, 0.5) is 13.2 Å². The lowest BCUT2D eigenvalue weighted by Crippen LogP contribution is -2.45. The lowest BCUT2D eigenvalue weighted by molar-refractivity contribution is 0.0782. The second kappa shape index (κ2) is 10.2. The summed E-state index contributed by atoms with van der Waals surface area (Å²) in [5.41, 5.74) is -0.842. The molecule has 1 saturated heterocycles. The smallest absolute Gasteiger partial charge is 0.270 e. The van der Waals surface area contributed by atoms with Crippen molar-refractivity contribution in [1.29, 1.82) is 0 Å². The number of pyridine rings is 2. The van der Waals surface area contributed by atoms with E-state index in [0.29, 0.717) is 31.0 Å². The third-order valence-corrected chi connectivity index (χ3v) is 7.17. The Hall–Kier alpha value is -3.95. The predicted octanol–water partition coefficient (Wildman–Crippen LogP) is 4.24. The zero-order valence-electron chi connectivity index (χ0n) is 20.1. The molecule has 2 aromatic heterocycles. The van der Waals surface area contributed by atoms with Gasteiger partial charge in [-0.3, -0.25) is 9.59 Å². The number of nitrogens with zero attached hydrogens (tertiary/aromatic N) is 3. The van der Waals surface area contributed by atoms with Gasteiger partial charge in [0.25, 0.3) is 11.8 Å². The molecule has 1 N–H and O–H groups in total. The van der Waals surface area contributed by atoms with Crippen LogP contribution >= 0.6 is 0 Å². The highest BCUT2D eigenvalue weighted by Gasteiger charge is 2.42. The number of carbonyl (C=O) groups excluding carboxylic acids is 2. The van der Waals surface area contributed by atoms with Gasteiger partial charge in [-0.2, -0.15) is 0 Å². The number of halogens is 3. The van der Waals surface area contributed by atoms with Gasteiger partial charge in [-0.05, 0) is 49.1 Å². The van der Waals surface area contributed by atoms with Gasteiger partial charge in [0, 0.05) is 42.9 Å². The number of nitrogens with one attached hydrogen (secondary N) is 1. The maximum absolute atomic E-state index is 14.4. The van der Waals surface area contributed by atoms with E-state index >= 15 is 0 Å². The molecular formula is C27H25F3N4O3. The molecule has 5 rings (SSSR count). The summed E-state index contributed by atoms with van der Waals surface area (Å²) in [6.45, 7) is 1.05. The molecule has 0 unspecified atom stereocenters. The van der Waals surface area contributed by atoms with E-state index in [1.807, 2.05) is 0 Å². The minimum absolute atomic E-state index is 0.0364. The SMILES string of the molecule is COc1cc(C(=O)N2C[C@H]3CCC[C@@H](NC(=O)c4ccc(F)c(-c5c(F)cccc5F)n4)[C@H]3C2)ccn1. The molecule has 192 valence electrons. The number of ether oxygens (including phenoxy) is 1. The molecule has 1 saturated carbocycles. The zero-order chi connectivity index (χ0) is 26.1. The minimum atomic E-state index is -0.971. The summed E-state index contributed by atoms with van der Waals surface area (Å²) in [5.74, 6) is -2.96. The summed E-state index contributed by atoms with van der Waals surface area (Å²) in [6.07, 6.45) is 4.05. The van der Waals surface area contributed by atoms with Gasteiger partial charge < -0.3 is 15.0 Å². The Balaban J connectivity index is 1.32. The van der Waals surface area contributed by atoms with Crippen LogP contribution in [0.2, 0.25) is 0 Å². The Labute approximate surface area is 211 Å². The molecule has 3 aromatic rings. The standard InChI is InChI=1S/C27H25F3N4O3/c1-37-23-12-15(10-11-31-23)27(36)34-13-16-4-2-7-21(17(16)14-34)33-26(35)22-9-8-20(30)25(32-22)24-18(28)5-3-6-19(24)29/h3,5-6,8-12,16-17,21H,2,4,7,13-14H2,1H3,(H,33,35)/t16-,17+,21-/m1/s1. The fraction of sp³-hybridized carbons (Fsp3) is 0.333. The van der Waals surface area contributed by atoms with Crippen LogP contribution in [0.5, 0.6) is 5.88 Å². The first-order chi connectivity index (χ1) is 17.9. The highest BCUT2D eigenvalue weighted by atomic mass is 19.1. The van der Waals surface area contributed by atoms with Crippen LogP contribution < -0.4 is 10.1 Å². The first kappa shape index (κ1) is 24.7. The Bertz CT molecular complexity index is 1330. The van der Waals surface area contributed by atoms with Crippen LogP contribution in [0, 0.1) is 29.3 Å². The van der Waals surface area contributed by atoms with Crippen molar-refractivity contribution in [1.82, 2.24) is 20.2 Å². The molecule has 37 heavy (non-hydrogen) atoms. The van der Waals surface area contributed by atoms with E-state index in [2.05, 4.69) is 15.3 Å². The third-order valence-electron chi connectivity index (χ3n) is 7.17. The van der Waals surface area contributed by atoms with Crippen molar-refractivity contribution < 1.29 is 27.5 Å². The van der Waals surface area contributed by atoms with Gasteiger partial charge in [0.05, 0.1) is 12.7 Å². The van der Waals surface area contributed by atoms with Crippen LogP contribution in [0.1, 0.15) is 40.1 Å². The summed E-state index contributed by atoms with van der Waals surface area (Å²) >= 11 is 0. The van der Waals surface area contributed by atoms with E-state index in [1.165, 1.54) is 25.4 Å². The lowest BCUT2D eigenvalue weighted by Gasteiger charge is -2.33. The first-order valence-electron chi connectivity index (χ1n) is 12.1. The summed E-state index contributed by atoms with van der Waals surface area (Å²) < 4.78 is 48.1. The maximum atomic E-state index is 14.4. The Morgan fingerprint density at radius 3 is 2.57 bits per heavy atom. The number of rotatable bonds is 5. The van der Waals surface area contributed by atoms with Crippen molar-refractivity contribution in [2.75, 3.05) is 20.2 Å². The topological polar surface area (TPSA) is 84.4 Å². The predicted molar refractivity (Wildman–Crippen MR) is 128 cm³/mol. The van der Waals surface area contributed by atoms with E-state index in [-0.39, 0.29) is 29.5 Å². The molecular weight excluding hydrogens is 485 g/mol. The lowest BCUT2D eigenvalue weighted by atomic mass is 9.78. The molecule has 7 nitrogen and oxygen atoms in total. The molecule has 2 amide bonds. The van der Waals surface area contributed by atoms with Crippen molar-refractivity contribution in [3.63, 3.8) is 0 Å². The van der Waals surface area contributed by atoms with Crippen LogP contribution in [0.15, 0.2) is 48.7 Å². The number of benzene rings is 1. The molecule has 3 heterocycles. The number of likely N-dealkylation sites (tertiary alicyclic amines) is 1. The Kier molecular flexibility index (Phi) is 6.82. The summed E-state index contributed by atoms with van der Waals surface area (Å²) in [5, 5.41) is 2.97. The fourth-order valence-corrected chi connectivity index (χ4v) is 5.36. The molecule has 0 spiro atoms. The highest BCUT2D eigenvalue weighted by Crippen LogP contribution is 2.37. The molecule has 1 aliphatic heterocycles. The van der Waals surface area contributed by atoms with Gasteiger partial charge in [-0.15, -0.1) is 0 Å². The van der Waals surface area contributed by atoms with Crippen molar-refractivity contribution in [2.24, 2.45) is 11.8 Å². The van der Waals surface area contributed by atoms with E-state index < -0.39 is 34.6 Å². The second-order valence-electron chi connectivity index (χ2n) is 9.36. The minimum Gasteiger partial charge on any atom is -0.481 e. The molecule has 0 radical (unpaired) electrons. The second-order valence-corrected chi connectivity index (χ2v) is 9.36. The fourth-order valence-electron chi connectivity index (χ4n) is 5.36. The van der Waals surface area contributed by atoms with Gasteiger partial charge in [-0.25, -0.2) is 23.1 Å². The molecule has 10 heteroatoms. The number of aromatic nitrogens is 2. The number of methoxy groups -OCH3 is 1. The van der Waals surface area contributed by atoms with Gasteiger partial charge in [-0.1, -0.05) is 12.5 Å². The van der Waals surface area contributed by atoms with Crippen LogP contribution in [0.3, 0.4) is 0 Å². The molecule has 2 fully saturated rings. The van der Waals surface area contributed by atoms with E-state index in [9.17, 15) is 22.8 Å². The quantitative estimate of drug-likeness (QED) is 0.555. The van der Waals surface area contributed by atoms with E-state index in [1.54, 1.807) is 17.0 Å². The monoisotopic (exact) mass is 510 g/mol. The Morgan fingerprint density at radius 2 is 1.81 bits per heavy atom. The van der Waals surface area contributed by atoms with Crippen LogP contribution in [0.25, 0.3) is 11.3 Å². The number of amides is 2. The number of hydrogen-bond donors (Lipinski definition) is 1. The van der Waals surface area contributed by atoms with Gasteiger partial charge in [0.2, 0.25) is 5.88 Å². The van der Waals surface area contributed by atoms with Crippen molar-refractivity contribution in [3.05, 3.63) is 77.4 Å². The van der Waals surface area contributed by atoms with Gasteiger partial charge in [0.1, 0.15) is 28.8 Å². The number of carbonyl (C=O) groups is 2. The number of fused-ring (bicyclic) bond motifs is 1.